The van der Waals surface area contributed by atoms with Gasteiger partial charge in [-0.25, -0.2) is 9.37 Å². The van der Waals surface area contributed by atoms with Gasteiger partial charge in [0.2, 0.25) is 5.88 Å². The number of fused-ring (bicyclic) bond motifs is 1. The van der Waals surface area contributed by atoms with E-state index < -0.39 is 12.3 Å². The van der Waals surface area contributed by atoms with E-state index >= 15 is 0 Å². The highest BCUT2D eigenvalue weighted by atomic mass is 19.1. The molecule has 0 unspecified atom stereocenters. The van der Waals surface area contributed by atoms with E-state index in [0.29, 0.717) is 24.5 Å². The number of hydrogen-bond acceptors (Lipinski definition) is 5. The second-order valence-corrected chi connectivity index (χ2v) is 5.99. The minimum Gasteiger partial charge on any atom is -0.470 e. The summed E-state index contributed by atoms with van der Waals surface area (Å²) in [5.41, 5.74) is 3.53. The summed E-state index contributed by atoms with van der Waals surface area (Å²) in [5.74, 6) is 0.353. The zero-order valence-corrected chi connectivity index (χ0v) is 13.3. The summed E-state index contributed by atoms with van der Waals surface area (Å²) in [6.45, 7) is 3.03. The molecule has 0 aliphatic carbocycles. The number of aromatic amines is 1. The summed E-state index contributed by atoms with van der Waals surface area (Å²) in [7, 11) is 0. The maximum atomic E-state index is 13.9. The molecule has 2 N–H and O–H groups in total. The van der Waals surface area contributed by atoms with E-state index in [0.717, 1.165) is 28.7 Å². The molecule has 1 saturated heterocycles. The minimum absolute atomic E-state index is 0.314. The lowest BCUT2D eigenvalue weighted by molar-refractivity contribution is 0.0691. The van der Waals surface area contributed by atoms with Crippen LogP contribution in [0.4, 0.5) is 4.39 Å². The number of rotatable bonds is 3. The summed E-state index contributed by atoms with van der Waals surface area (Å²) in [6.07, 6.45) is 2.31. The fourth-order valence-electron chi connectivity index (χ4n) is 2.93. The summed E-state index contributed by atoms with van der Waals surface area (Å²) >= 11 is 0. The number of benzene rings is 1. The van der Waals surface area contributed by atoms with Crippen LogP contribution in [0.25, 0.3) is 22.2 Å². The normalized spacial score (nSPS) is 21.1. The Labute approximate surface area is 138 Å². The lowest BCUT2D eigenvalue weighted by atomic mass is 10.1. The van der Waals surface area contributed by atoms with Gasteiger partial charge in [0, 0.05) is 23.2 Å². The third kappa shape index (κ3) is 2.82. The average Bonchev–Trinajstić information content (AvgIpc) is 2.98. The van der Waals surface area contributed by atoms with Crippen molar-refractivity contribution in [3.63, 3.8) is 0 Å². The van der Waals surface area contributed by atoms with Crippen LogP contribution in [0.1, 0.15) is 12.1 Å². The Morgan fingerprint density at radius 2 is 2.21 bits per heavy atom. The largest absolute Gasteiger partial charge is 0.470 e. The lowest BCUT2D eigenvalue weighted by Gasteiger charge is -2.26. The predicted octanol–water partition coefficient (Wildman–Crippen LogP) is 2.41. The molecule has 124 valence electrons. The first kappa shape index (κ1) is 15.0. The third-order valence-corrected chi connectivity index (χ3v) is 4.27. The zero-order chi connectivity index (χ0) is 16.5. The van der Waals surface area contributed by atoms with Crippen molar-refractivity contribution in [1.82, 2.24) is 25.5 Å². The maximum absolute atomic E-state index is 13.9. The molecule has 6 nitrogen and oxygen atoms in total. The van der Waals surface area contributed by atoms with Gasteiger partial charge in [0.15, 0.2) is 0 Å². The second kappa shape index (κ2) is 6.16. The lowest BCUT2D eigenvalue weighted by Crippen LogP contribution is -2.44. The number of alkyl halides is 1. The maximum Gasteiger partial charge on any atom is 0.233 e. The standard InChI is InChI=1S/C17H18FN5O/c1-10-12-6-11(2-3-14(12)23-22-10)15-8-20-9-17(21-15)24-16-4-5-19-7-13(16)18/h2-3,6,8-9,13,16,19H,4-5,7H2,1H3,(H,22,23)/t13-,16+/m1/s1. The van der Waals surface area contributed by atoms with Gasteiger partial charge in [0.1, 0.15) is 12.3 Å². The van der Waals surface area contributed by atoms with Crippen LogP contribution in [0, 0.1) is 6.92 Å². The highest BCUT2D eigenvalue weighted by Crippen LogP contribution is 2.25. The SMILES string of the molecule is Cc1[nH]nc2ccc(-c3cncc(O[C@H]4CCNC[C@H]4F)n3)cc12. The van der Waals surface area contributed by atoms with Gasteiger partial charge in [-0.3, -0.25) is 10.1 Å². The van der Waals surface area contributed by atoms with E-state index in [9.17, 15) is 4.39 Å². The van der Waals surface area contributed by atoms with Crippen molar-refractivity contribution >= 4 is 10.9 Å². The Bertz CT molecular complexity index is 865. The van der Waals surface area contributed by atoms with Crippen LogP contribution in [-0.4, -0.2) is 45.5 Å². The van der Waals surface area contributed by atoms with E-state index in [-0.39, 0.29) is 0 Å². The molecular weight excluding hydrogens is 309 g/mol. The average molecular weight is 327 g/mol. The van der Waals surface area contributed by atoms with Crippen molar-refractivity contribution in [1.29, 1.82) is 0 Å². The fraction of sp³-hybridized carbons (Fsp3) is 0.353. The highest BCUT2D eigenvalue weighted by molar-refractivity contribution is 5.85. The molecule has 1 aromatic carbocycles. The molecule has 2 atom stereocenters. The second-order valence-electron chi connectivity index (χ2n) is 5.99. The molecule has 3 aromatic rings. The number of ether oxygens (including phenoxy) is 1. The van der Waals surface area contributed by atoms with Crippen molar-refractivity contribution < 1.29 is 9.13 Å². The number of nitrogens with zero attached hydrogens (tertiary/aromatic N) is 3. The van der Waals surface area contributed by atoms with Gasteiger partial charge in [-0.15, -0.1) is 0 Å². The van der Waals surface area contributed by atoms with Crippen molar-refractivity contribution in [3.05, 3.63) is 36.3 Å². The van der Waals surface area contributed by atoms with E-state index in [1.54, 1.807) is 6.20 Å². The number of hydrogen-bond donors (Lipinski definition) is 2. The van der Waals surface area contributed by atoms with E-state index in [4.69, 9.17) is 4.74 Å². The van der Waals surface area contributed by atoms with Crippen LogP contribution in [0.2, 0.25) is 0 Å². The van der Waals surface area contributed by atoms with Crippen molar-refractivity contribution in [2.45, 2.75) is 25.6 Å². The number of aromatic nitrogens is 4. The number of piperidine rings is 1. The van der Waals surface area contributed by atoms with Crippen LogP contribution in [-0.2, 0) is 0 Å². The zero-order valence-electron chi connectivity index (χ0n) is 13.3. The molecule has 0 saturated carbocycles. The minimum atomic E-state index is -1.03. The first-order valence-corrected chi connectivity index (χ1v) is 7.99. The van der Waals surface area contributed by atoms with Crippen LogP contribution < -0.4 is 10.1 Å². The monoisotopic (exact) mass is 327 g/mol. The number of nitrogens with one attached hydrogen (secondary N) is 2. The summed E-state index contributed by atoms with van der Waals surface area (Å²) in [4.78, 5) is 8.68. The molecule has 24 heavy (non-hydrogen) atoms. The smallest absolute Gasteiger partial charge is 0.233 e. The molecule has 2 aromatic heterocycles. The molecule has 1 fully saturated rings. The molecule has 3 heterocycles. The van der Waals surface area contributed by atoms with Crippen LogP contribution in [0.15, 0.2) is 30.6 Å². The molecule has 0 amide bonds. The van der Waals surface area contributed by atoms with E-state index in [1.165, 1.54) is 6.20 Å². The molecule has 0 spiro atoms. The predicted molar refractivity (Wildman–Crippen MR) is 88.7 cm³/mol. The van der Waals surface area contributed by atoms with Gasteiger partial charge in [-0.2, -0.15) is 5.10 Å². The van der Waals surface area contributed by atoms with Crippen LogP contribution in [0.5, 0.6) is 5.88 Å². The summed E-state index contributed by atoms with van der Waals surface area (Å²) in [6, 6.07) is 5.90. The van der Waals surface area contributed by atoms with Crippen molar-refractivity contribution in [2.24, 2.45) is 0 Å². The van der Waals surface area contributed by atoms with Crippen LogP contribution >= 0.6 is 0 Å². The molecule has 0 radical (unpaired) electrons. The summed E-state index contributed by atoms with van der Waals surface area (Å²) < 4.78 is 19.6. The van der Waals surface area contributed by atoms with Crippen molar-refractivity contribution in [3.8, 4) is 17.1 Å². The Morgan fingerprint density at radius 1 is 1.29 bits per heavy atom. The van der Waals surface area contributed by atoms with Gasteiger partial charge in [-0.1, -0.05) is 6.07 Å². The van der Waals surface area contributed by atoms with E-state index in [1.807, 2.05) is 25.1 Å². The van der Waals surface area contributed by atoms with Gasteiger partial charge in [0.05, 0.1) is 23.6 Å². The van der Waals surface area contributed by atoms with Crippen molar-refractivity contribution in [2.75, 3.05) is 13.1 Å². The van der Waals surface area contributed by atoms with Gasteiger partial charge < -0.3 is 10.1 Å². The number of H-pyrrole nitrogens is 1. The molecule has 1 aliphatic rings. The Hall–Kier alpha value is -2.54. The third-order valence-electron chi connectivity index (χ3n) is 4.27. The molecule has 1 aliphatic heterocycles. The fourth-order valence-corrected chi connectivity index (χ4v) is 2.93. The summed E-state index contributed by atoms with van der Waals surface area (Å²) in [5, 5.41) is 11.2. The topological polar surface area (TPSA) is 75.7 Å². The Kier molecular flexibility index (Phi) is 3.86. The Balaban J connectivity index is 1.62. The van der Waals surface area contributed by atoms with Crippen LogP contribution in [0.3, 0.4) is 0 Å². The molecule has 4 rings (SSSR count). The molecule has 7 heteroatoms. The first-order chi connectivity index (χ1) is 11.7. The molecular formula is C17H18FN5O. The number of halogens is 1. The van der Waals surface area contributed by atoms with E-state index in [2.05, 4.69) is 25.5 Å². The molecule has 0 bridgehead atoms. The quantitative estimate of drug-likeness (QED) is 0.772. The first-order valence-electron chi connectivity index (χ1n) is 7.99. The number of aryl methyl sites for hydroxylation is 1. The van der Waals surface area contributed by atoms with Gasteiger partial charge in [0.25, 0.3) is 0 Å². The van der Waals surface area contributed by atoms with Gasteiger partial charge >= 0.3 is 0 Å². The Morgan fingerprint density at radius 3 is 3.08 bits per heavy atom. The highest BCUT2D eigenvalue weighted by Gasteiger charge is 2.26. The van der Waals surface area contributed by atoms with Gasteiger partial charge in [-0.05, 0) is 32.0 Å².